The summed E-state index contributed by atoms with van der Waals surface area (Å²) in [6, 6.07) is 8.40. The second-order valence-corrected chi connectivity index (χ2v) is 6.49. The van der Waals surface area contributed by atoms with E-state index in [0.29, 0.717) is 18.4 Å². The van der Waals surface area contributed by atoms with E-state index in [1.165, 1.54) is 0 Å². The van der Waals surface area contributed by atoms with Gasteiger partial charge in [0.1, 0.15) is 6.10 Å². The largest absolute Gasteiger partial charge is 0.508 e. The Morgan fingerprint density at radius 3 is 2.60 bits per heavy atom. The van der Waals surface area contributed by atoms with E-state index in [4.69, 9.17) is 9.47 Å². The molecule has 0 heterocycles. The summed E-state index contributed by atoms with van der Waals surface area (Å²) in [4.78, 5) is 36.6. The molecule has 0 saturated heterocycles. The van der Waals surface area contributed by atoms with Crippen molar-refractivity contribution < 1.29 is 29.0 Å². The van der Waals surface area contributed by atoms with E-state index in [1.807, 2.05) is 0 Å². The second-order valence-electron chi connectivity index (χ2n) is 6.49. The minimum atomic E-state index is -1.62. The predicted octanol–water partition coefficient (Wildman–Crippen LogP) is 2.21. The van der Waals surface area contributed by atoms with Crippen molar-refractivity contribution in [3.8, 4) is 0 Å². The molecule has 25 heavy (non-hydrogen) atoms. The average Bonchev–Trinajstić information content (AvgIpc) is 3.18. The summed E-state index contributed by atoms with van der Waals surface area (Å²) >= 11 is 0. The molecule has 3 rings (SSSR count). The summed E-state index contributed by atoms with van der Waals surface area (Å²) in [7, 11) is 0. The van der Waals surface area contributed by atoms with Crippen LogP contribution in [0.25, 0.3) is 0 Å². The zero-order valence-corrected chi connectivity index (χ0v) is 13.9. The van der Waals surface area contributed by atoms with Gasteiger partial charge in [-0.2, -0.15) is 0 Å². The van der Waals surface area contributed by atoms with Crippen molar-refractivity contribution in [3.63, 3.8) is 0 Å². The number of hydrogen-bond donors (Lipinski definition) is 2. The highest BCUT2D eigenvalue weighted by molar-refractivity contribution is 5.98. The van der Waals surface area contributed by atoms with E-state index in [-0.39, 0.29) is 18.4 Å². The van der Waals surface area contributed by atoms with Crippen LogP contribution in [0.15, 0.2) is 30.3 Å². The van der Waals surface area contributed by atoms with Gasteiger partial charge in [-0.05, 0) is 50.2 Å². The van der Waals surface area contributed by atoms with Gasteiger partial charge >= 0.3 is 12.1 Å². The minimum Gasteiger partial charge on any atom is -0.479 e. The fraction of sp³-hybridized carbons (Fsp3) is 0.500. The number of rotatable bonds is 5. The summed E-state index contributed by atoms with van der Waals surface area (Å²) in [5.74, 6) is -2.05. The molecule has 1 aromatic carbocycles. The van der Waals surface area contributed by atoms with Crippen molar-refractivity contribution in [2.24, 2.45) is 11.8 Å². The normalized spacial score (nSPS) is 29.9. The van der Waals surface area contributed by atoms with Crippen LogP contribution in [0.5, 0.6) is 0 Å². The molecule has 7 nitrogen and oxygen atoms in total. The van der Waals surface area contributed by atoms with Crippen molar-refractivity contribution in [2.75, 3.05) is 6.61 Å². The van der Waals surface area contributed by atoms with Gasteiger partial charge < -0.3 is 19.9 Å². The lowest BCUT2D eigenvalue weighted by Gasteiger charge is -2.39. The average molecular weight is 347 g/mol. The van der Waals surface area contributed by atoms with Crippen LogP contribution < -0.4 is 5.32 Å². The maximum atomic E-state index is 12.6. The van der Waals surface area contributed by atoms with Gasteiger partial charge in [-0.3, -0.25) is 4.79 Å². The van der Waals surface area contributed by atoms with Crippen molar-refractivity contribution >= 4 is 18.0 Å². The first kappa shape index (κ1) is 17.3. The minimum absolute atomic E-state index is 0.0958. The van der Waals surface area contributed by atoms with Crippen molar-refractivity contribution in [1.82, 2.24) is 5.32 Å². The van der Waals surface area contributed by atoms with Crippen LogP contribution >= 0.6 is 0 Å². The quantitative estimate of drug-likeness (QED) is 0.792. The van der Waals surface area contributed by atoms with Gasteiger partial charge in [0, 0.05) is 5.56 Å². The standard InChI is InChI=1S/C18H21NO6/c1-2-24-17(23)25-14-12-8-9-13(10-12)18(14,16(21)22)19-15(20)11-6-4-3-5-7-11/h3-7,12-14H,2,8-10H2,1H3,(H,19,20)(H,21,22)/t12-,13+,14+,18-/m0/s1. The number of carboxylic acids is 1. The summed E-state index contributed by atoms with van der Waals surface area (Å²) in [5.41, 5.74) is -1.26. The molecule has 4 atom stereocenters. The number of hydrogen-bond acceptors (Lipinski definition) is 5. The molecular formula is C18H21NO6. The molecule has 1 amide bonds. The summed E-state index contributed by atoms with van der Waals surface area (Å²) in [5, 5.41) is 12.6. The van der Waals surface area contributed by atoms with Crippen LogP contribution in [0.1, 0.15) is 36.5 Å². The number of amides is 1. The van der Waals surface area contributed by atoms with E-state index >= 15 is 0 Å². The van der Waals surface area contributed by atoms with Gasteiger partial charge in [-0.15, -0.1) is 0 Å². The van der Waals surface area contributed by atoms with Crippen LogP contribution in [0, 0.1) is 11.8 Å². The number of benzene rings is 1. The third kappa shape index (κ3) is 2.94. The van der Waals surface area contributed by atoms with Gasteiger partial charge in [-0.25, -0.2) is 9.59 Å². The SMILES string of the molecule is CCOC(=O)O[C@@H]1[C@H]2CC[C@H](C2)[C@@]1(NC(=O)c1ccccc1)C(=O)O. The fourth-order valence-electron chi connectivity index (χ4n) is 4.13. The molecule has 0 spiro atoms. The molecule has 2 bridgehead atoms. The maximum absolute atomic E-state index is 12.6. The highest BCUT2D eigenvalue weighted by atomic mass is 16.7. The number of fused-ring (bicyclic) bond motifs is 2. The molecule has 0 radical (unpaired) electrons. The Labute approximate surface area is 145 Å². The molecule has 2 N–H and O–H groups in total. The number of aliphatic carboxylic acids is 1. The number of carboxylic acid groups (broad SMARTS) is 1. The molecule has 0 unspecified atom stereocenters. The molecule has 2 saturated carbocycles. The Kier molecular flexibility index (Phi) is 4.65. The number of ether oxygens (including phenoxy) is 2. The first-order chi connectivity index (χ1) is 12.0. The zero-order valence-electron chi connectivity index (χ0n) is 13.9. The van der Waals surface area contributed by atoms with Gasteiger partial charge in [0.2, 0.25) is 0 Å². The van der Waals surface area contributed by atoms with E-state index in [9.17, 15) is 19.5 Å². The van der Waals surface area contributed by atoms with Crippen molar-refractivity contribution in [3.05, 3.63) is 35.9 Å². The molecule has 1 aromatic rings. The first-order valence-corrected chi connectivity index (χ1v) is 8.43. The highest BCUT2D eigenvalue weighted by Gasteiger charge is 2.66. The van der Waals surface area contributed by atoms with E-state index in [0.717, 1.165) is 6.42 Å². The Hall–Kier alpha value is -2.57. The smallest absolute Gasteiger partial charge is 0.479 e. The van der Waals surface area contributed by atoms with Gasteiger partial charge in [-0.1, -0.05) is 18.2 Å². The number of carbonyl (C=O) groups excluding carboxylic acids is 2. The molecule has 7 heteroatoms. The van der Waals surface area contributed by atoms with Crippen molar-refractivity contribution in [1.29, 1.82) is 0 Å². The lowest BCUT2D eigenvalue weighted by Crippen LogP contribution is -2.66. The Morgan fingerprint density at radius 1 is 1.24 bits per heavy atom. The summed E-state index contributed by atoms with van der Waals surface area (Å²) in [6.45, 7) is 1.78. The monoisotopic (exact) mass is 347 g/mol. The molecule has 134 valence electrons. The van der Waals surface area contributed by atoms with Crippen LogP contribution in [0.4, 0.5) is 4.79 Å². The highest BCUT2D eigenvalue weighted by Crippen LogP contribution is 2.52. The summed E-state index contributed by atoms with van der Waals surface area (Å²) < 4.78 is 10.2. The van der Waals surface area contributed by atoms with Gasteiger partial charge in [0.25, 0.3) is 5.91 Å². The zero-order chi connectivity index (χ0) is 18.0. The number of nitrogens with one attached hydrogen (secondary N) is 1. The lowest BCUT2D eigenvalue weighted by atomic mass is 9.78. The van der Waals surface area contributed by atoms with E-state index in [2.05, 4.69) is 5.32 Å². The summed E-state index contributed by atoms with van der Waals surface area (Å²) in [6.07, 6.45) is 0.209. The molecular weight excluding hydrogens is 326 g/mol. The van der Waals surface area contributed by atoms with Crippen LogP contribution in [0.2, 0.25) is 0 Å². The molecule has 2 aliphatic carbocycles. The van der Waals surface area contributed by atoms with Gasteiger partial charge in [0.15, 0.2) is 5.54 Å². The second kappa shape index (κ2) is 6.74. The Balaban J connectivity index is 1.89. The first-order valence-electron chi connectivity index (χ1n) is 8.43. The molecule has 0 aliphatic heterocycles. The molecule has 2 aliphatic rings. The number of carbonyl (C=O) groups is 3. The van der Waals surface area contributed by atoms with Crippen LogP contribution in [0.3, 0.4) is 0 Å². The van der Waals surface area contributed by atoms with Gasteiger partial charge in [0.05, 0.1) is 6.61 Å². The van der Waals surface area contributed by atoms with E-state index in [1.54, 1.807) is 37.3 Å². The van der Waals surface area contributed by atoms with Crippen LogP contribution in [-0.4, -0.2) is 41.4 Å². The third-order valence-corrected chi connectivity index (χ3v) is 5.19. The lowest BCUT2D eigenvalue weighted by molar-refractivity contribution is -0.154. The third-order valence-electron chi connectivity index (χ3n) is 5.19. The van der Waals surface area contributed by atoms with E-state index < -0.39 is 29.7 Å². The molecule has 2 fully saturated rings. The predicted molar refractivity (Wildman–Crippen MR) is 87.0 cm³/mol. The Bertz CT molecular complexity index is 675. The van der Waals surface area contributed by atoms with Crippen LogP contribution in [-0.2, 0) is 14.3 Å². The fourth-order valence-corrected chi connectivity index (χ4v) is 4.13. The Morgan fingerprint density at radius 2 is 1.96 bits per heavy atom. The molecule has 0 aromatic heterocycles. The topological polar surface area (TPSA) is 102 Å². The van der Waals surface area contributed by atoms with Crippen molar-refractivity contribution in [2.45, 2.75) is 37.8 Å². The maximum Gasteiger partial charge on any atom is 0.508 e.